The Bertz CT molecular complexity index is 748. The molecule has 0 unspecified atom stereocenters. The monoisotopic (exact) mass is 338 g/mol. The molecule has 1 heterocycles. The fourth-order valence-electron chi connectivity index (χ4n) is 2.87. The molecule has 0 saturated carbocycles. The molecule has 1 fully saturated rings. The predicted molar refractivity (Wildman–Crippen MR) is 98.9 cm³/mol. The van der Waals surface area contributed by atoms with Gasteiger partial charge < -0.3 is 19.6 Å². The van der Waals surface area contributed by atoms with E-state index < -0.39 is 0 Å². The van der Waals surface area contributed by atoms with Gasteiger partial charge in [-0.1, -0.05) is 12.1 Å². The first-order valence-electron chi connectivity index (χ1n) is 8.31. The molecule has 5 heteroatoms. The fraction of sp³-hybridized carbons (Fsp3) is 0.250. The lowest BCUT2D eigenvalue weighted by Crippen LogP contribution is -2.48. The summed E-state index contributed by atoms with van der Waals surface area (Å²) < 4.78 is 5.19. The summed E-state index contributed by atoms with van der Waals surface area (Å²) >= 11 is 0. The van der Waals surface area contributed by atoms with E-state index in [0.29, 0.717) is 13.1 Å². The minimum atomic E-state index is 0.0215. The van der Waals surface area contributed by atoms with Crippen LogP contribution in [0.25, 0.3) is 6.08 Å². The largest absolute Gasteiger partial charge is 0.508 e. The van der Waals surface area contributed by atoms with Crippen LogP contribution in [0.2, 0.25) is 0 Å². The minimum absolute atomic E-state index is 0.0215. The Hall–Kier alpha value is -2.95. The third-order valence-corrected chi connectivity index (χ3v) is 4.32. The summed E-state index contributed by atoms with van der Waals surface area (Å²) in [5, 5.41) is 9.37. The van der Waals surface area contributed by atoms with Gasteiger partial charge in [-0.3, -0.25) is 4.79 Å². The zero-order chi connectivity index (χ0) is 17.6. The standard InChI is InChI=1S/C20H22N2O3/c1-25-19-4-2-3-16(15-19)5-10-20(24)22-13-11-21(12-14-22)17-6-8-18(23)9-7-17/h2-10,15,23H,11-14H2,1H3/b10-5+. The second-order valence-corrected chi connectivity index (χ2v) is 5.94. The van der Waals surface area contributed by atoms with Crippen LogP contribution in [-0.4, -0.2) is 49.2 Å². The molecular formula is C20H22N2O3. The van der Waals surface area contributed by atoms with Gasteiger partial charge in [0.15, 0.2) is 0 Å². The molecule has 3 rings (SSSR count). The lowest BCUT2D eigenvalue weighted by molar-refractivity contribution is -0.126. The number of phenolic OH excluding ortho intramolecular Hbond substituents is 1. The topological polar surface area (TPSA) is 53.0 Å². The van der Waals surface area contributed by atoms with Gasteiger partial charge >= 0.3 is 0 Å². The molecule has 1 amide bonds. The van der Waals surface area contributed by atoms with Gasteiger partial charge in [0.05, 0.1) is 7.11 Å². The van der Waals surface area contributed by atoms with E-state index in [-0.39, 0.29) is 11.7 Å². The molecule has 1 aliphatic heterocycles. The molecule has 0 aliphatic carbocycles. The summed E-state index contributed by atoms with van der Waals surface area (Å²) in [5.74, 6) is 1.06. The highest BCUT2D eigenvalue weighted by Crippen LogP contribution is 2.20. The van der Waals surface area contributed by atoms with E-state index in [1.165, 1.54) is 0 Å². The van der Waals surface area contributed by atoms with Gasteiger partial charge in [-0.15, -0.1) is 0 Å². The molecule has 0 atom stereocenters. The van der Waals surface area contributed by atoms with Crippen molar-refractivity contribution in [3.8, 4) is 11.5 Å². The van der Waals surface area contributed by atoms with E-state index in [9.17, 15) is 9.90 Å². The van der Waals surface area contributed by atoms with Crippen molar-refractivity contribution in [2.75, 3.05) is 38.2 Å². The molecule has 1 saturated heterocycles. The first kappa shape index (κ1) is 16.9. The number of nitrogens with zero attached hydrogens (tertiary/aromatic N) is 2. The smallest absolute Gasteiger partial charge is 0.246 e. The molecule has 0 spiro atoms. The van der Waals surface area contributed by atoms with E-state index in [1.807, 2.05) is 47.4 Å². The van der Waals surface area contributed by atoms with Crippen molar-refractivity contribution in [1.29, 1.82) is 0 Å². The molecule has 2 aromatic rings. The molecule has 1 aliphatic rings. The number of piperazine rings is 1. The Morgan fingerprint density at radius 2 is 1.80 bits per heavy atom. The normalized spacial score (nSPS) is 14.8. The van der Waals surface area contributed by atoms with Gasteiger partial charge in [0, 0.05) is 37.9 Å². The number of amides is 1. The van der Waals surface area contributed by atoms with Crippen molar-refractivity contribution in [1.82, 2.24) is 4.90 Å². The number of ether oxygens (including phenoxy) is 1. The quantitative estimate of drug-likeness (QED) is 0.871. The highest BCUT2D eigenvalue weighted by atomic mass is 16.5. The van der Waals surface area contributed by atoms with Gasteiger partial charge in [-0.25, -0.2) is 0 Å². The van der Waals surface area contributed by atoms with Crippen molar-refractivity contribution in [3.63, 3.8) is 0 Å². The van der Waals surface area contributed by atoms with Gasteiger partial charge in [0.2, 0.25) is 5.91 Å². The number of carbonyl (C=O) groups excluding carboxylic acids is 1. The van der Waals surface area contributed by atoms with Crippen LogP contribution in [0.3, 0.4) is 0 Å². The van der Waals surface area contributed by atoms with Crippen LogP contribution in [0.4, 0.5) is 5.69 Å². The summed E-state index contributed by atoms with van der Waals surface area (Å²) in [6.45, 7) is 2.93. The number of phenols is 1. The van der Waals surface area contributed by atoms with Crippen LogP contribution < -0.4 is 9.64 Å². The Morgan fingerprint density at radius 1 is 1.08 bits per heavy atom. The van der Waals surface area contributed by atoms with Crippen molar-refractivity contribution in [2.45, 2.75) is 0 Å². The molecule has 0 bridgehead atoms. The Balaban J connectivity index is 1.56. The maximum atomic E-state index is 12.4. The maximum Gasteiger partial charge on any atom is 0.246 e. The van der Waals surface area contributed by atoms with Crippen molar-refractivity contribution >= 4 is 17.7 Å². The number of aromatic hydroxyl groups is 1. The van der Waals surface area contributed by atoms with E-state index >= 15 is 0 Å². The highest BCUT2D eigenvalue weighted by Gasteiger charge is 2.19. The molecule has 5 nitrogen and oxygen atoms in total. The average Bonchev–Trinajstić information content (AvgIpc) is 2.67. The zero-order valence-electron chi connectivity index (χ0n) is 14.3. The van der Waals surface area contributed by atoms with Crippen molar-refractivity contribution in [3.05, 3.63) is 60.2 Å². The third-order valence-electron chi connectivity index (χ3n) is 4.32. The van der Waals surface area contributed by atoms with E-state index in [0.717, 1.165) is 30.1 Å². The summed E-state index contributed by atoms with van der Waals surface area (Å²) in [7, 11) is 1.63. The molecule has 25 heavy (non-hydrogen) atoms. The number of methoxy groups -OCH3 is 1. The van der Waals surface area contributed by atoms with Crippen LogP contribution in [0.1, 0.15) is 5.56 Å². The second-order valence-electron chi connectivity index (χ2n) is 5.94. The molecule has 0 aromatic heterocycles. The van der Waals surface area contributed by atoms with Gasteiger partial charge in [0.25, 0.3) is 0 Å². The Labute approximate surface area is 147 Å². The van der Waals surface area contributed by atoms with Crippen LogP contribution in [0.15, 0.2) is 54.6 Å². The highest BCUT2D eigenvalue weighted by molar-refractivity contribution is 5.92. The number of benzene rings is 2. The summed E-state index contributed by atoms with van der Waals surface area (Å²) in [4.78, 5) is 16.4. The van der Waals surface area contributed by atoms with Crippen LogP contribution in [0, 0.1) is 0 Å². The minimum Gasteiger partial charge on any atom is -0.508 e. The zero-order valence-corrected chi connectivity index (χ0v) is 14.3. The SMILES string of the molecule is COc1cccc(/C=C/C(=O)N2CCN(c3ccc(O)cc3)CC2)c1. The number of hydrogen-bond acceptors (Lipinski definition) is 4. The lowest BCUT2D eigenvalue weighted by Gasteiger charge is -2.35. The van der Waals surface area contributed by atoms with E-state index in [4.69, 9.17) is 4.74 Å². The third kappa shape index (κ3) is 4.32. The first-order valence-corrected chi connectivity index (χ1v) is 8.31. The number of anilines is 1. The average molecular weight is 338 g/mol. The molecule has 2 aromatic carbocycles. The number of hydrogen-bond donors (Lipinski definition) is 1. The van der Waals surface area contributed by atoms with Crippen LogP contribution in [-0.2, 0) is 4.79 Å². The van der Waals surface area contributed by atoms with Gasteiger partial charge in [0.1, 0.15) is 11.5 Å². The summed E-state index contributed by atoms with van der Waals surface area (Å²) in [6.07, 6.45) is 3.43. The first-order chi connectivity index (χ1) is 12.2. The van der Waals surface area contributed by atoms with E-state index in [1.54, 1.807) is 25.3 Å². The molecule has 130 valence electrons. The maximum absolute atomic E-state index is 12.4. The van der Waals surface area contributed by atoms with Gasteiger partial charge in [-0.05, 0) is 48.0 Å². The fourth-order valence-corrected chi connectivity index (χ4v) is 2.87. The van der Waals surface area contributed by atoms with E-state index in [2.05, 4.69) is 4.90 Å². The van der Waals surface area contributed by atoms with Crippen molar-refractivity contribution < 1.29 is 14.6 Å². The van der Waals surface area contributed by atoms with Crippen molar-refractivity contribution in [2.24, 2.45) is 0 Å². The predicted octanol–water partition coefficient (Wildman–Crippen LogP) is 2.76. The Kier molecular flexibility index (Phi) is 5.23. The summed E-state index contributed by atoms with van der Waals surface area (Å²) in [5.41, 5.74) is 2.01. The van der Waals surface area contributed by atoms with Crippen LogP contribution in [0.5, 0.6) is 11.5 Å². The lowest BCUT2D eigenvalue weighted by atomic mass is 10.2. The Morgan fingerprint density at radius 3 is 2.48 bits per heavy atom. The van der Waals surface area contributed by atoms with Gasteiger partial charge in [-0.2, -0.15) is 0 Å². The molecule has 0 radical (unpaired) electrons. The van der Waals surface area contributed by atoms with Crippen LogP contribution >= 0.6 is 0 Å². The molecule has 1 N–H and O–H groups in total. The molecular weight excluding hydrogens is 316 g/mol. The summed E-state index contributed by atoms with van der Waals surface area (Å²) in [6, 6.07) is 14.8. The second kappa shape index (κ2) is 7.75. The number of rotatable bonds is 4. The number of carbonyl (C=O) groups is 1.